The molecule has 36 heteroatoms. The van der Waals surface area contributed by atoms with Crippen molar-refractivity contribution in [2.24, 2.45) is 35.5 Å². The molecular weight excluding hydrogens is 1610 g/mol. The number of phenols is 1. The molecule has 5 aliphatic rings. The number of methoxy groups -OCH3 is 3. The number of hydrogen-bond donors (Lipinski definition) is 7. The van der Waals surface area contributed by atoms with E-state index in [2.05, 4.69) is 55.7 Å². The summed E-state index contributed by atoms with van der Waals surface area (Å²) >= 11 is 0. The van der Waals surface area contributed by atoms with Gasteiger partial charge in [-0.05, 0) is 132 Å². The molecule has 674 valence electrons. The van der Waals surface area contributed by atoms with E-state index in [1.807, 2.05) is 73.9 Å². The molecule has 3 amide bonds. The zero-order chi connectivity index (χ0) is 89.0. The second-order valence-corrected chi connectivity index (χ2v) is 33.8. The Labute approximate surface area is 727 Å². The molecule has 2 bridgehead atoms. The van der Waals surface area contributed by atoms with Gasteiger partial charge in [0, 0.05) is 147 Å². The number of cyclic esters (lactones) is 1. The second-order valence-electron chi connectivity index (χ2n) is 33.8. The van der Waals surface area contributed by atoms with Crippen molar-refractivity contribution in [3.63, 3.8) is 0 Å². The number of ketones is 3. The number of ether oxygens (including phenoxy) is 7. The Kier molecular flexibility index (Phi) is 32.8. The Hall–Kier alpha value is -10.7. The maximum atomic E-state index is 14.9. The van der Waals surface area contributed by atoms with Crippen LogP contribution in [-0.2, 0) is 68.5 Å². The number of aliphatic hydroxyl groups excluding tert-OH is 1. The maximum absolute atomic E-state index is 14.9. The largest absolute Gasteiger partial charge is 0.508 e. The van der Waals surface area contributed by atoms with Gasteiger partial charge in [-0.25, -0.2) is 49.0 Å². The summed E-state index contributed by atoms with van der Waals surface area (Å²) < 4.78 is 45.3. The topological polar surface area (TPSA) is 459 Å². The third-order valence-corrected chi connectivity index (χ3v) is 24.8. The van der Waals surface area contributed by atoms with Crippen LogP contribution in [0.25, 0.3) is 44.8 Å². The molecule has 0 spiro atoms. The first kappa shape index (κ1) is 93.4. The highest BCUT2D eigenvalue weighted by molar-refractivity contribution is 6.39. The number of esters is 1. The number of H-pyrrole nitrogens is 1. The van der Waals surface area contributed by atoms with Gasteiger partial charge in [-0.2, -0.15) is 5.10 Å². The summed E-state index contributed by atoms with van der Waals surface area (Å²) in [6.45, 7) is 17.3. The van der Waals surface area contributed by atoms with Crippen molar-refractivity contribution in [2.75, 3.05) is 109 Å². The highest BCUT2D eigenvalue weighted by Gasteiger charge is 2.53. The number of aryl methyl sites for hydroxylation is 1. The van der Waals surface area contributed by atoms with Crippen LogP contribution < -0.4 is 26.2 Å². The first-order valence-corrected chi connectivity index (χ1v) is 43.6. The fourth-order valence-electron chi connectivity index (χ4n) is 17.3. The van der Waals surface area contributed by atoms with Crippen LogP contribution in [0.5, 0.6) is 5.75 Å². The van der Waals surface area contributed by atoms with Crippen LogP contribution in [0, 0.1) is 35.5 Å². The minimum absolute atomic E-state index is 0.0179. The van der Waals surface area contributed by atoms with E-state index in [1.54, 1.807) is 76.3 Å². The molecule has 8 N–H and O–H groups in total. The number of allylic oxidation sites excluding steroid dienone is 6. The van der Waals surface area contributed by atoms with E-state index >= 15 is 0 Å². The number of carbonyl (C=O) groups excluding carboxylic acids is 7. The Morgan fingerprint density at radius 3 is 2.25 bits per heavy atom. The molecule has 0 unspecified atom stereocenters. The first-order valence-electron chi connectivity index (χ1n) is 43.6. The number of imidazole rings is 1. The van der Waals surface area contributed by atoms with Crippen molar-refractivity contribution in [2.45, 2.75) is 206 Å². The third kappa shape index (κ3) is 23.7. The monoisotopic (exact) mass is 1730 g/mol. The number of benzene rings is 1. The van der Waals surface area contributed by atoms with Crippen LogP contribution in [0.4, 0.5) is 17.7 Å². The van der Waals surface area contributed by atoms with Crippen molar-refractivity contribution in [1.82, 2.24) is 80.2 Å². The summed E-state index contributed by atoms with van der Waals surface area (Å²) in [4.78, 5) is 138. The summed E-state index contributed by atoms with van der Waals surface area (Å²) in [6.07, 6.45) is 22.6. The standard InChI is InChI=1S/C89H121N19O17/c1-53-18-12-11-13-19-54(2)71(119-8)45-64-24-21-59(7)89(118,125-64)80(114)85(116)106-30-16-14-20-69(106)86(117)124-72(46-70(110)55(3)41-58(6)78(113)79(121-10)77(112)57(5)40-53)56(4)42-60-22-26-68(73(43-60)120-9)108-51-67(101-103-108)61-47-93-87(94-48-61)104-32-34-105(35-33-104)88-95-49-62(50-96-88)84(115)92-29-37-123-39-38-122-36-27-74(111)91-28-15-17-31-107-83-75(81(90)97-52-98-83)76(102-107)82-99-65-25-23-63(109)44-66(65)100-82/h11-13,18-19,23,25,41,44,47-53,55-57,59-60,64,68-69,71-73,78-79,109,113,118H,14-17,20-22,24,26-40,42-43,45-46H2,1-10H3,(H,91,111)(H,92,115)(H,99,100)(H2,90,97,98)/b13-11+,18-12+,54-19+,58-41+/t53-,55-,56-,57-,59-,60+,64+,68+,69+,71+,72+,73-,78-,79+,89-/m1/s1. The number of anilines is 3. The number of aliphatic hydroxyl groups is 2. The van der Waals surface area contributed by atoms with Gasteiger partial charge in [0.2, 0.25) is 23.6 Å². The molecule has 12 rings (SSSR count). The highest BCUT2D eigenvalue weighted by Crippen LogP contribution is 2.41. The van der Waals surface area contributed by atoms with Gasteiger partial charge in [0.1, 0.15) is 59.4 Å². The number of nitrogens with two attached hydrogens (primary N) is 1. The molecule has 4 aliphatic heterocycles. The predicted octanol–water partition coefficient (Wildman–Crippen LogP) is 7.95. The Morgan fingerprint density at radius 1 is 0.784 bits per heavy atom. The molecule has 15 atom stereocenters. The molecule has 0 radical (unpaired) electrons. The number of nitrogens with one attached hydrogen (secondary N) is 3. The predicted molar refractivity (Wildman–Crippen MR) is 463 cm³/mol. The average Bonchev–Trinajstić information content (AvgIpc) is 1.72. The zero-order valence-corrected chi connectivity index (χ0v) is 73.2. The van der Waals surface area contributed by atoms with Gasteiger partial charge >= 0.3 is 5.97 Å². The van der Waals surface area contributed by atoms with Crippen LogP contribution in [0.1, 0.15) is 161 Å². The fourth-order valence-corrected chi connectivity index (χ4v) is 17.3. The molecule has 125 heavy (non-hydrogen) atoms. The van der Waals surface area contributed by atoms with Crippen molar-refractivity contribution >= 4 is 80.8 Å². The number of piperazine rings is 1. The minimum Gasteiger partial charge on any atom is -0.508 e. The van der Waals surface area contributed by atoms with Gasteiger partial charge in [-0.15, -0.1) is 5.10 Å². The molecule has 10 heterocycles. The lowest BCUT2D eigenvalue weighted by molar-refractivity contribution is -0.265. The number of nitrogen functional groups attached to an aromatic ring is 1. The fraction of sp³-hybridized carbons (Fsp3) is 0.584. The van der Waals surface area contributed by atoms with E-state index in [0.29, 0.717) is 171 Å². The van der Waals surface area contributed by atoms with Crippen LogP contribution in [0.3, 0.4) is 0 Å². The van der Waals surface area contributed by atoms with Crippen molar-refractivity contribution in [3.8, 4) is 28.5 Å². The van der Waals surface area contributed by atoms with Gasteiger partial charge < -0.3 is 84.5 Å². The van der Waals surface area contributed by atoms with Crippen LogP contribution >= 0.6 is 0 Å². The van der Waals surface area contributed by atoms with Gasteiger partial charge in [0.05, 0.1) is 79.0 Å². The van der Waals surface area contributed by atoms with E-state index in [0.717, 1.165) is 12.0 Å². The van der Waals surface area contributed by atoms with E-state index < -0.39 is 83.7 Å². The summed E-state index contributed by atoms with van der Waals surface area (Å²) in [5.74, 6) is -7.08. The van der Waals surface area contributed by atoms with E-state index in [-0.39, 0.29) is 124 Å². The van der Waals surface area contributed by atoms with Gasteiger partial charge in [-0.3, -0.25) is 28.8 Å². The van der Waals surface area contributed by atoms with Crippen molar-refractivity contribution < 1.29 is 82.0 Å². The number of piperidine rings is 1. The molecule has 36 nitrogen and oxygen atoms in total. The summed E-state index contributed by atoms with van der Waals surface area (Å²) in [7, 11) is 4.61. The first-order chi connectivity index (χ1) is 60.2. The number of carbonyl (C=O) groups is 7. The lowest BCUT2D eigenvalue weighted by Crippen LogP contribution is -2.61. The van der Waals surface area contributed by atoms with E-state index in [1.165, 1.54) is 30.7 Å². The number of amides is 3. The zero-order valence-electron chi connectivity index (χ0n) is 73.2. The highest BCUT2D eigenvalue weighted by atomic mass is 16.6. The van der Waals surface area contributed by atoms with Crippen LogP contribution in [-0.4, -0.2) is 268 Å². The molecule has 1 saturated carbocycles. The van der Waals surface area contributed by atoms with E-state index in [9.17, 15) is 48.9 Å². The molecule has 1 aliphatic carbocycles. The third-order valence-electron chi connectivity index (χ3n) is 24.8. The number of Topliss-reactive ketones (excluding diaryl/α,β-unsaturated/α-hetero) is 3. The number of aromatic nitrogens is 13. The number of unbranched alkanes of at least 4 members (excludes halogenated alkanes) is 1. The number of rotatable bonds is 26. The molecular formula is C89H121N19O17. The molecule has 1 aromatic carbocycles. The minimum atomic E-state index is -2.48. The van der Waals surface area contributed by atoms with Gasteiger partial charge in [0.15, 0.2) is 17.3 Å². The summed E-state index contributed by atoms with van der Waals surface area (Å²) in [5.41, 5.74) is 11.4. The number of nitrogens with zero attached hydrogens (tertiary/aromatic N) is 15. The quantitative estimate of drug-likeness (QED) is 0.0117. The normalized spacial score (nSPS) is 27.4. The Balaban J connectivity index is 0.582. The van der Waals surface area contributed by atoms with Crippen LogP contribution in [0.2, 0.25) is 0 Å². The smallest absolute Gasteiger partial charge is 0.329 e. The molecule has 6 aromatic heterocycles. The van der Waals surface area contributed by atoms with E-state index in [4.69, 9.17) is 54.0 Å². The Morgan fingerprint density at radius 2 is 1.52 bits per heavy atom. The Bertz CT molecular complexity index is 4970. The van der Waals surface area contributed by atoms with Gasteiger partial charge in [-0.1, -0.05) is 76.3 Å². The van der Waals surface area contributed by atoms with Gasteiger partial charge in [0.25, 0.3) is 17.6 Å². The summed E-state index contributed by atoms with van der Waals surface area (Å²) in [5, 5.41) is 54.1. The number of aromatic amines is 1. The average molecular weight is 1730 g/mol. The van der Waals surface area contributed by atoms with Crippen molar-refractivity contribution in [3.05, 3.63) is 109 Å². The number of hydrogen-bond acceptors (Lipinski definition) is 30. The molecule has 7 aromatic rings. The number of fused-ring (bicyclic) bond motifs is 5. The number of phenolic OH excluding ortho intramolecular Hbond substituents is 1. The lowest BCUT2D eigenvalue weighted by Gasteiger charge is -2.42. The molecule has 3 saturated heterocycles. The second kappa shape index (κ2) is 43.9. The summed E-state index contributed by atoms with van der Waals surface area (Å²) in [6, 6.07) is 3.46. The van der Waals surface area contributed by atoms with Crippen molar-refractivity contribution in [1.29, 1.82) is 0 Å². The maximum Gasteiger partial charge on any atom is 0.329 e. The lowest BCUT2D eigenvalue weighted by atomic mass is 9.77. The SMILES string of the molecule is CO[C@H]1C[C@@H]2CC[C@@H](C)[C@@](O)(O2)C(=O)C(=O)N2CCCC[C@H]2C(=O)O[C@H]([C@H](C)C[C@@H]2CC[C@H](n3cc(-c4cnc(N5CCN(c6ncc(C(=O)NCCOCCOCCC(=O)NCCCCn7nc(-c8nc9ccc(O)cc9[nH]8)c8c(N)ncnc87)cn6)CC5)nc4)nn3)[C@H](OC)C2)CC(=O)[C@H](C)/C=C(\C)[C@@H](O)[C@@H](OC)C(=O)[C@H](C)C[C@H](C)/C=C/C=C/C=C/1C. The molecule has 4 fully saturated rings. The number of aromatic hydroxyl groups is 1. The van der Waals surface area contributed by atoms with Crippen LogP contribution in [0.15, 0.2) is 103 Å².